The molecule has 0 bridgehead atoms. The van der Waals surface area contributed by atoms with Crippen LogP contribution in [0.3, 0.4) is 0 Å². The molecule has 4 rings (SSSR count). The van der Waals surface area contributed by atoms with Crippen LogP contribution in [0.2, 0.25) is 0 Å². The van der Waals surface area contributed by atoms with Gasteiger partial charge in [0.1, 0.15) is 0 Å². The first kappa shape index (κ1) is 20.7. The number of allylic oxidation sites excluding steroid dienone is 7. The predicted molar refractivity (Wildman–Crippen MR) is 136 cm³/mol. The van der Waals surface area contributed by atoms with Crippen LogP contribution in [-0.4, -0.2) is 19.1 Å². The van der Waals surface area contributed by atoms with E-state index in [9.17, 15) is 0 Å². The summed E-state index contributed by atoms with van der Waals surface area (Å²) in [6, 6.07) is 17.4. The van der Waals surface area contributed by atoms with Gasteiger partial charge in [0.25, 0.3) is 0 Å². The number of hydrogen-bond acceptors (Lipinski definition) is 2. The van der Waals surface area contributed by atoms with Crippen molar-refractivity contribution in [2.75, 3.05) is 22.9 Å². The normalized spacial score (nSPS) is 19.2. The van der Waals surface area contributed by atoms with Crippen molar-refractivity contribution in [2.45, 2.75) is 19.9 Å². The van der Waals surface area contributed by atoms with Crippen LogP contribution in [0.15, 0.2) is 109 Å². The van der Waals surface area contributed by atoms with Gasteiger partial charge in [-0.2, -0.15) is 0 Å². The topological polar surface area (TPSA) is 6.48 Å². The second kappa shape index (κ2) is 9.99. The van der Waals surface area contributed by atoms with Crippen molar-refractivity contribution in [2.24, 2.45) is 0 Å². The van der Waals surface area contributed by atoms with E-state index in [1.54, 1.807) is 0 Å². The maximum atomic E-state index is 2.42. The lowest BCUT2D eigenvalue weighted by Crippen LogP contribution is -2.34. The molecule has 156 valence electrons. The van der Waals surface area contributed by atoms with Crippen LogP contribution < -0.4 is 9.80 Å². The maximum Gasteiger partial charge on any atom is 0.0663 e. The molecule has 0 saturated carbocycles. The van der Waals surface area contributed by atoms with Gasteiger partial charge >= 0.3 is 0 Å². The van der Waals surface area contributed by atoms with E-state index >= 15 is 0 Å². The molecule has 2 aromatic rings. The molecule has 0 spiro atoms. The molecule has 2 aliphatic rings. The van der Waals surface area contributed by atoms with Gasteiger partial charge in [-0.3, -0.25) is 0 Å². The molecule has 2 aliphatic heterocycles. The molecule has 1 unspecified atom stereocenters. The van der Waals surface area contributed by atoms with Gasteiger partial charge in [0, 0.05) is 30.2 Å². The van der Waals surface area contributed by atoms with Crippen molar-refractivity contribution in [3.63, 3.8) is 0 Å². The molecule has 2 heterocycles. The van der Waals surface area contributed by atoms with Gasteiger partial charge in [-0.1, -0.05) is 91.1 Å². The van der Waals surface area contributed by atoms with Crippen molar-refractivity contribution in [1.29, 1.82) is 0 Å². The summed E-state index contributed by atoms with van der Waals surface area (Å²) in [7, 11) is 0. The summed E-state index contributed by atoms with van der Waals surface area (Å²) in [6.45, 7) is 6.33. The molecule has 0 aliphatic carbocycles. The number of benzene rings is 2. The largest absolute Gasteiger partial charge is 0.361 e. The van der Waals surface area contributed by atoms with Crippen LogP contribution in [0.1, 0.15) is 25.0 Å². The Morgan fingerprint density at radius 3 is 2.16 bits per heavy atom. The van der Waals surface area contributed by atoms with Crippen LogP contribution in [-0.2, 0) is 0 Å². The standard InChI is InChI=1S/C29H30N2/c1-3-30-26(22-20-24-14-10-12-18-28(24)30)16-8-6-5-7-9-17-27-23-21-25-15-11-13-19-29(25)31(27)4-2/h5-23,26H,3-4H2,1-2H3/b6-5+,9-7+,16-8+,27-17+. The Morgan fingerprint density at radius 1 is 0.710 bits per heavy atom. The molecule has 1 atom stereocenters. The van der Waals surface area contributed by atoms with Crippen molar-refractivity contribution in [1.82, 2.24) is 0 Å². The Hall–Kier alpha value is -3.52. The van der Waals surface area contributed by atoms with Crippen molar-refractivity contribution >= 4 is 23.5 Å². The smallest absolute Gasteiger partial charge is 0.0663 e. The Labute approximate surface area is 186 Å². The fraction of sp³-hybridized carbons (Fsp3) is 0.172. The van der Waals surface area contributed by atoms with Crippen LogP contribution >= 0.6 is 0 Å². The summed E-state index contributed by atoms with van der Waals surface area (Å²) in [6.07, 6.45) is 23.8. The molecule has 0 amide bonds. The quantitative estimate of drug-likeness (QED) is 0.476. The fourth-order valence-corrected chi connectivity index (χ4v) is 4.21. The van der Waals surface area contributed by atoms with Gasteiger partial charge in [-0.05, 0) is 49.3 Å². The van der Waals surface area contributed by atoms with Gasteiger partial charge in [0.15, 0.2) is 0 Å². The molecule has 2 nitrogen and oxygen atoms in total. The summed E-state index contributed by atoms with van der Waals surface area (Å²) in [5, 5.41) is 0. The SMILES string of the molecule is CCN1/C(=C/C=C/C=C/C=C/C2C=Cc3ccccc3N2CC)C=Cc2ccccc21. The summed E-state index contributed by atoms with van der Waals surface area (Å²) in [5.41, 5.74) is 6.36. The summed E-state index contributed by atoms with van der Waals surface area (Å²) < 4.78 is 0. The Balaban J connectivity index is 1.38. The number of nitrogens with zero attached hydrogens (tertiary/aromatic N) is 2. The van der Waals surface area contributed by atoms with Gasteiger partial charge in [-0.15, -0.1) is 0 Å². The van der Waals surface area contributed by atoms with Crippen LogP contribution in [0.25, 0.3) is 12.2 Å². The van der Waals surface area contributed by atoms with Gasteiger partial charge in [0.2, 0.25) is 0 Å². The molecule has 2 aromatic carbocycles. The Bertz CT molecular complexity index is 1080. The monoisotopic (exact) mass is 406 g/mol. The minimum atomic E-state index is 0.293. The first-order chi connectivity index (χ1) is 15.3. The molecule has 0 N–H and O–H groups in total. The van der Waals surface area contributed by atoms with E-state index in [1.165, 1.54) is 28.2 Å². The van der Waals surface area contributed by atoms with E-state index < -0.39 is 0 Å². The molecular formula is C29H30N2. The Kier molecular flexibility index (Phi) is 6.68. The van der Waals surface area contributed by atoms with E-state index in [2.05, 4.69) is 139 Å². The third kappa shape index (κ3) is 4.64. The van der Waals surface area contributed by atoms with Crippen molar-refractivity contribution in [3.8, 4) is 0 Å². The maximum absolute atomic E-state index is 2.42. The highest BCUT2D eigenvalue weighted by atomic mass is 15.2. The lowest BCUT2D eigenvalue weighted by molar-refractivity contribution is 0.804. The van der Waals surface area contributed by atoms with Gasteiger partial charge in [-0.25, -0.2) is 0 Å². The molecule has 0 saturated heterocycles. The highest BCUT2D eigenvalue weighted by molar-refractivity contribution is 5.76. The van der Waals surface area contributed by atoms with Crippen molar-refractivity contribution < 1.29 is 0 Å². The van der Waals surface area contributed by atoms with E-state index in [4.69, 9.17) is 0 Å². The molecule has 0 fully saturated rings. The number of anilines is 2. The summed E-state index contributed by atoms with van der Waals surface area (Å²) >= 11 is 0. The molecule has 2 heteroatoms. The zero-order valence-corrected chi connectivity index (χ0v) is 18.4. The number of fused-ring (bicyclic) bond motifs is 2. The van der Waals surface area contributed by atoms with E-state index in [0.717, 1.165) is 13.1 Å². The molecular weight excluding hydrogens is 376 g/mol. The third-order valence-corrected chi connectivity index (χ3v) is 5.73. The minimum absolute atomic E-state index is 0.293. The van der Waals surface area contributed by atoms with Crippen molar-refractivity contribution in [3.05, 3.63) is 120 Å². The average molecular weight is 407 g/mol. The molecule has 0 aromatic heterocycles. The average Bonchev–Trinajstić information content (AvgIpc) is 2.82. The second-order valence-corrected chi connectivity index (χ2v) is 7.58. The van der Waals surface area contributed by atoms with E-state index in [1.807, 2.05) is 0 Å². The van der Waals surface area contributed by atoms with E-state index in [0.29, 0.717) is 6.04 Å². The number of likely N-dealkylation sites (N-methyl/N-ethyl adjacent to an activating group) is 2. The molecule has 31 heavy (non-hydrogen) atoms. The van der Waals surface area contributed by atoms with Gasteiger partial charge in [0.05, 0.1) is 6.04 Å². The van der Waals surface area contributed by atoms with Crippen LogP contribution in [0, 0.1) is 0 Å². The fourth-order valence-electron chi connectivity index (χ4n) is 4.21. The zero-order valence-electron chi connectivity index (χ0n) is 18.4. The number of rotatable bonds is 6. The predicted octanol–water partition coefficient (Wildman–Crippen LogP) is 7.01. The Morgan fingerprint density at radius 2 is 1.39 bits per heavy atom. The summed E-state index contributed by atoms with van der Waals surface area (Å²) in [4.78, 5) is 4.77. The highest BCUT2D eigenvalue weighted by Crippen LogP contribution is 2.30. The van der Waals surface area contributed by atoms with Crippen LogP contribution in [0.4, 0.5) is 11.4 Å². The third-order valence-electron chi connectivity index (χ3n) is 5.73. The minimum Gasteiger partial charge on any atom is -0.361 e. The van der Waals surface area contributed by atoms with Crippen LogP contribution in [0.5, 0.6) is 0 Å². The highest BCUT2D eigenvalue weighted by Gasteiger charge is 2.18. The summed E-state index contributed by atoms with van der Waals surface area (Å²) in [5.74, 6) is 0. The number of para-hydroxylation sites is 2. The number of hydrogen-bond donors (Lipinski definition) is 0. The van der Waals surface area contributed by atoms with Gasteiger partial charge < -0.3 is 9.80 Å². The lowest BCUT2D eigenvalue weighted by Gasteiger charge is -2.33. The molecule has 0 radical (unpaired) electrons. The second-order valence-electron chi connectivity index (χ2n) is 7.58. The zero-order chi connectivity index (χ0) is 21.5. The first-order valence-electron chi connectivity index (χ1n) is 11.1. The van der Waals surface area contributed by atoms with E-state index in [-0.39, 0.29) is 0 Å². The lowest BCUT2D eigenvalue weighted by atomic mass is 10.0. The first-order valence-corrected chi connectivity index (χ1v) is 11.1.